The van der Waals surface area contributed by atoms with Crippen molar-refractivity contribution in [2.45, 2.75) is 19.8 Å². The van der Waals surface area contributed by atoms with Crippen molar-refractivity contribution in [3.8, 4) is 0 Å². The molecule has 0 radical (unpaired) electrons. The summed E-state index contributed by atoms with van der Waals surface area (Å²) < 4.78 is 1.00. The Morgan fingerprint density at radius 3 is 2.75 bits per heavy atom. The Bertz CT molecular complexity index is 549. The first-order valence-corrected chi connectivity index (χ1v) is 5.96. The second kappa shape index (κ2) is 4.34. The number of hydrogen-bond donors (Lipinski definition) is 0. The predicted octanol–water partition coefficient (Wildman–Crippen LogP) is 3.93. The van der Waals surface area contributed by atoms with Crippen molar-refractivity contribution >= 4 is 33.1 Å². The van der Waals surface area contributed by atoms with E-state index in [0.29, 0.717) is 11.5 Å². The molecule has 2 nitrogen and oxygen atoms in total. The Balaban J connectivity index is 2.84. The number of pyridine rings is 1. The van der Waals surface area contributed by atoms with Crippen molar-refractivity contribution in [2.75, 3.05) is 0 Å². The minimum atomic E-state index is 0.312. The van der Waals surface area contributed by atoms with Gasteiger partial charge in [-0.25, -0.2) is 0 Å². The van der Waals surface area contributed by atoms with E-state index in [1.165, 1.54) is 0 Å². The largest absolute Gasteiger partial charge is 0.298 e. The van der Waals surface area contributed by atoms with Gasteiger partial charge >= 0.3 is 0 Å². The van der Waals surface area contributed by atoms with Crippen molar-refractivity contribution in [3.05, 3.63) is 40.0 Å². The second-order valence-electron chi connectivity index (χ2n) is 4.06. The van der Waals surface area contributed by atoms with Crippen LogP contribution < -0.4 is 0 Å². The van der Waals surface area contributed by atoms with Crippen LogP contribution in [-0.2, 0) is 0 Å². The van der Waals surface area contributed by atoms with E-state index in [-0.39, 0.29) is 0 Å². The first-order valence-electron chi connectivity index (χ1n) is 5.17. The molecule has 1 heterocycles. The molecular weight excluding hydrogens is 266 g/mol. The van der Waals surface area contributed by atoms with Gasteiger partial charge < -0.3 is 0 Å². The number of nitrogens with zero attached hydrogens (tertiary/aromatic N) is 1. The molecule has 2 rings (SSSR count). The third-order valence-corrected chi connectivity index (χ3v) is 3.10. The summed E-state index contributed by atoms with van der Waals surface area (Å²) in [7, 11) is 0. The van der Waals surface area contributed by atoms with E-state index in [1.54, 1.807) is 6.20 Å². The number of fused-ring (bicyclic) bond motifs is 1. The van der Waals surface area contributed by atoms with Crippen molar-refractivity contribution in [2.24, 2.45) is 0 Å². The van der Waals surface area contributed by atoms with Crippen LogP contribution >= 0.6 is 15.9 Å². The molecule has 0 saturated heterocycles. The molecule has 0 spiro atoms. The van der Waals surface area contributed by atoms with Gasteiger partial charge in [-0.05, 0) is 23.6 Å². The van der Waals surface area contributed by atoms with Crippen LogP contribution in [0.5, 0.6) is 0 Å². The summed E-state index contributed by atoms with van der Waals surface area (Å²) in [4.78, 5) is 15.3. The van der Waals surface area contributed by atoms with Gasteiger partial charge in [-0.2, -0.15) is 0 Å². The average molecular weight is 278 g/mol. The van der Waals surface area contributed by atoms with E-state index in [9.17, 15) is 4.79 Å². The summed E-state index contributed by atoms with van der Waals surface area (Å²) in [6, 6.07) is 5.95. The zero-order chi connectivity index (χ0) is 11.7. The van der Waals surface area contributed by atoms with Crippen LogP contribution in [0.1, 0.15) is 35.7 Å². The van der Waals surface area contributed by atoms with Gasteiger partial charge in [0.1, 0.15) is 0 Å². The molecule has 0 amide bonds. The Hall–Kier alpha value is -1.22. The van der Waals surface area contributed by atoms with E-state index >= 15 is 0 Å². The molecular formula is C13H12BrNO. The number of halogens is 1. The van der Waals surface area contributed by atoms with Crippen molar-refractivity contribution in [1.29, 1.82) is 0 Å². The molecule has 2 aromatic rings. The minimum Gasteiger partial charge on any atom is -0.298 e. The Morgan fingerprint density at radius 1 is 1.38 bits per heavy atom. The van der Waals surface area contributed by atoms with Gasteiger partial charge in [-0.1, -0.05) is 35.8 Å². The number of aldehydes is 1. The highest BCUT2D eigenvalue weighted by Gasteiger charge is 2.11. The molecule has 16 heavy (non-hydrogen) atoms. The normalized spacial score (nSPS) is 11.0. The van der Waals surface area contributed by atoms with E-state index in [1.807, 2.05) is 18.2 Å². The van der Waals surface area contributed by atoms with Crippen LogP contribution in [0.2, 0.25) is 0 Å². The SMILES string of the molecule is CC(C)c1c(C=O)cnc2cc(Br)ccc12. The number of aromatic nitrogens is 1. The zero-order valence-corrected chi connectivity index (χ0v) is 10.8. The van der Waals surface area contributed by atoms with Crippen LogP contribution in [0.15, 0.2) is 28.9 Å². The lowest BCUT2D eigenvalue weighted by molar-refractivity contribution is 0.112. The number of hydrogen-bond acceptors (Lipinski definition) is 2. The first kappa shape index (κ1) is 11.3. The van der Waals surface area contributed by atoms with E-state index in [0.717, 1.165) is 27.2 Å². The fraction of sp³-hybridized carbons (Fsp3) is 0.231. The standard InChI is InChI=1S/C13H12BrNO/c1-8(2)13-9(7-16)6-15-12-5-10(14)3-4-11(12)13/h3-8H,1-2H3. The van der Waals surface area contributed by atoms with E-state index < -0.39 is 0 Å². The second-order valence-corrected chi connectivity index (χ2v) is 4.98. The van der Waals surface area contributed by atoms with Crippen LogP contribution in [-0.4, -0.2) is 11.3 Å². The van der Waals surface area contributed by atoms with Gasteiger partial charge in [-0.3, -0.25) is 9.78 Å². The number of benzene rings is 1. The maximum atomic E-state index is 11.0. The monoisotopic (exact) mass is 277 g/mol. The summed E-state index contributed by atoms with van der Waals surface area (Å²) in [5, 5.41) is 1.06. The summed E-state index contributed by atoms with van der Waals surface area (Å²) in [5.74, 6) is 0.312. The highest BCUT2D eigenvalue weighted by Crippen LogP contribution is 2.28. The molecule has 0 unspecified atom stereocenters. The van der Waals surface area contributed by atoms with Crippen LogP contribution in [0, 0.1) is 0 Å². The maximum absolute atomic E-state index is 11.0. The van der Waals surface area contributed by atoms with Crippen LogP contribution in [0.3, 0.4) is 0 Å². The number of carbonyl (C=O) groups excluding carboxylic acids is 1. The van der Waals surface area contributed by atoms with E-state index in [4.69, 9.17) is 0 Å². The molecule has 1 aromatic carbocycles. The molecule has 0 aliphatic heterocycles. The maximum Gasteiger partial charge on any atom is 0.151 e. The summed E-state index contributed by atoms with van der Waals surface area (Å²) in [5.41, 5.74) is 2.68. The molecule has 0 fully saturated rings. The van der Waals surface area contributed by atoms with Gasteiger partial charge in [0.25, 0.3) is 0 Å². The van der Waals surface area contributed by atoms with Gasteiger partial charge in [0.05, 0.1) is 5.52 Å². The van der Waals surface area contributed by atoms with Gasteiger partial charge in [-0.15, -0.1) is 0 Å². The first-order chi connectivity index (χ1) is 7.63. The van der Waals surface area contributed by atoms with Crippen molar-refractivity contribution in [1.82, 2.24) is 4.98 Å². The van der Waals surface area contributed by atoms with Crippen molar-refractivity contribution < 1.29 is 4.79 Å². The molecule has 1 aromatic heterocycles. The molecule has 0 bridgehead atoms. The Labute approximate surface area is 103 Å². The fourth-order valence-corrected chi connectivity index (χ4v) is 2.29. The molecule has 0 aliphatic rings. The van der Waals surface area contributed by atoms with Crippen LogP contribution in [0.4, 0.5) is 0 Å². The topological polar surface area (TPSA) is 30.0 Å². The van der Waals surface area contributed by atoms with E-state index in [2.05, 4.69) is 34.8 Å². The lowest BCUT2D eigenvalue weighted by Gasteiger charge is -2.12. The quantitative estimate of drug-likeness (QED) is 0.779. The predicted molar refractivity (Wildman–Crippen MR) is 68.9 cm³/mol. The molecule has 0 saturated carbocycles. The molecule has 82 valence electrons. The minimum absolute atomic E-state index is 0.312. The summed E-state index contributed by atoms with van der Waals surface area (Å²) >= 11 is 3.42. The van der Waals surface area contributed by atoms with Crippen LogP contribution in [0.25, 0.3) is 10.9 Å². The van der Waals surface area contributed by atoms with Gasteiger partial charge in [0, 0.05) is 21.6 Å². The third-order valence-electron chi connectivity index (χ3n) is 2.61. The summed E-state index contributed by atoms with van der Waals surface area (Å²) in [6.45, 7) is 4.17. The summed E-state index contributed by atoms with van der Waals surface area (Å²) in [6.07, 6.45) is 2.53. The molecule has 0 atom stereocenters. The third kappa shape index (κ3) is 1.87. The molecule has 0 N–H and O–H groups in total. The average Bonchev–Trinajstić information content (AvgIpc) is 2.26. The number of carbonyl (C=O) groups is 1. The van der Waals surface area contributed by atoms with Gasteiger partial charge in [0.2, 0.25) is 0 Å². The number of rotatable bonds is 2. The fourth-order valence-electron chi connectivity index (χ4n) is 1.94. The lowest BCUT2D eigenvalue weighted by atomic mass is 9.95. The molecule has 0 aliphatic carbocycles. The lowest BCUT2D eigenvalue weighted by Crippen LogP contribution is -1.98. The molecule has 3 heteroatoms. The van der Waals surface area contributed by atoms with Gasteiger partial charge in [0.15, 0.2) is 6.29 Å². The van der Waals surface area contributed by atoms with Crippen molar-refractivity contribution in [3.63, 3.8) is 0 Å². The highest BCUT2D eigenvalue weighted by molar-refractivity contribution is 9.10. The zero-order valence-electron chi connectivity index (χ0n) is 9.20. The highest BCUT2D eigenvalue weighted by atomic mass is 79.9. The Kier molecular flexibility index (Phi) is 3.06. The smallest absolute Gasteiger partial charge is 0.151 e. The Morgan fingerprint density at radius 2 is 2.12 bits per heavy atom.